The van der Waals surface area contributed by atoms with Crippen LogP contribution in [0.5, 0.6) is 0 Å². The molecule has 158 valence electrons. The molecule has 1 fully saturated rings. The average Bonchev–Trinajstić information content (AvgIpc) is 3.15. The fourth-order valence-corrected chi connectivity index (χ4v) is 3.71. The number of carbonyl (C=O) groups is 3. The molecule has 1 aliphatic heterocycles. The Kier molecular flexibility index (Phi) is 7.07. The summed E-state index contributed by atoms with van der Waals surface area (Å²) in [6, 6.07) is 14.2. The van der Waals surface area contributed by atoms with Gasteiger partial charge in [-0.05, 0) is 50.3 Å². The number of rotatable bonds is 6. The van der Waals surface area contributed by atoms with Crippen molar-refractivity contribution in [2.24, 2.45) is 0 Å². The van der Waals surface area contributed by atoms with Gasteiger partial charge in [0.15, 0.2) is 0 Å². The van der Waals surface area contributed by atoms with Crippen LogP contribution in [0.15, 0.2) is 48.5 Å². The van der Waals surface area contributed by atoms with E-state index in [9.17, 15) is 14.4 Å². The zero-order valence-electron chi connectivity index (χ0n) is 17.0. The van der Waals surface area contributed by atoms with Crippen molar-refractivity contribution in [1.82, 2.24) is 10.2 Å². The van der Waals surface area contributed by atoms with Crippen LogP contribution in [0.3, 0.4) is 0 Å². The molecule has 3 rings (SSSR count). The molecule has 0 aliphatic carbocycles. The van der Waals surface area contributed by atoms with E-state index < -0.39 is 11.8 Å². The molecule has 1 atom stereocenters. The highest BCUT2D eigenvalue weighted by Crippen LogP contribution is 2.26. The Morgan fingerprint density at radius 3 is 2.57 bits per heavy atom. The maximum Gasteiger partial charge on any atom is 0.313 e. The van der Waals surface area contributed by atoms with Gasteiger partial charge in [-0.2, -0.15) is 0 Å². The highest BCUT2D eigenvalue weighted by molar-refractivity contribution is 6.39. The zero-order valence-corrected chi connectivity index (χ0v) is 17.8. The van der Waals surface area contributed by atoms with Gasteiger partial charge in [0.05, 0.1) is 6.04 Å². The number of anilines is 2. The summed E-state index contributed by atoms with van der Waals surface area (Å²) in [6.07, 6.45) is 1.34. The number of hydrogen-bond acceptors (Lipinski definition) is 4. The molecule has 0 spiro atoms. The zero-order chi connectivity index (χ0) is 21.7. The van der Waals surface area contributed by atoms with E-state index in [1.807, 2.05) is 43.3 Å². The first kappa shape index (κ1) is 21.8. The topological polar surface area (TPSA) is 81.8 Å². The van der Waals surface area contributed by atoms with Gasteiger partial charge in [-0.1, -0.05) is 35.9 Å². The van der Waals surface area contributed by atoms with Crippen molar-refractivity contribution in [1.29, 1.82) is 0 Å². The monoisotopic (exact) mass is 428 g/mol. The molecule has 2 N–H and O–H groups in total. The van der Waals surface area contributed by atoms with Crippen molar-refractivity contribution in [3.8, 4) is 0 Å². The van der Waals surface area contributed by atoms with E-state index in [0.717, 1.165) is 12.0 Å². The number of amides is 3. The molecule has 0 aromatic heterocycles. The molecule has 8 heteroatoms. The fraction of sp³-hybridized carbons (Fsp3) is 0.318. The van der Waals surface area contributed by atoms with E-state index in [4.69, 9.17) is 11.6 Å². The molecule has 7 nitrogen and oxygen atoms in total. The van der Waals surface area contributed by atoms with Crippen molar-refractivity contribution < 1.29 is 14.4 Å². The van der Waals surface area contributed by atoms with Crippen LogP contribution < -0.4 is 15.5 Å². The largest absolute Gasteiger partial charge is 0.346 e. The third-order valence-electron chi connectivity index (χ3n) is 5.04. The maximum atomic E-state index is 12.4. The van der Waals surface area contributed by atoms with E-state index in [1.54, 1.807) is 29.2 Å². The van der Waals surface area contributed by atoms with Crippen LogP contribution in [0, 0.1) is 0 Å². The summed E-state index contributed by atoms with van der Waals surface area (Å²) >= 11 is 6.28. The highest BCUT2D eigenvalue weighted by Gasteiger charge is 2.23. The Morgan fingerprint density at radius 2 is 1.90 bits per heavy atom. The van der Waals surface area contributed by atoms with Crippen molar-refractivity contribution in [3.05, 3.63) is 59.1 Å². The van der Waals surface area contributed by atoms with Crippen LogP contribution in [-0.2, 0) is 14.4 Å². The van der Waals surface area contributed by atoms with Crippen LogP contribution >= 0.6 is 11.6 Å². The summed E-state index contributed by atoms with van der Waals surface area (Å²) in [7, 11) is 3.76. The Hall–Kier alpha value is -2.90. The Labute approximate surface area is 181 Å². The molecular weight excluding hydrogens is 404 g/mol. The smallest absolute Gasteiger partial charge is 0.313 e. The summed E-state index contributed by atoms with van der Waals surface area (Å²) < 4.78 is 0. The third-order valence-corrected chi connectivity index (χ3v) is 5.38. The van der Waals surface area contributed by atoms with Crippen LogP contribution in [0.2, 0.25) is 5.02 Å². The molecule has 1 heterocycles. The number of hydrogen-bond donors (Lipinski definition) is 2. The molecule has 1 unspecified atom stereocenters. The molecular formula is C22H25ClN4O3. The molecule has 0 saturated carbocycles. The second-order valence-electron chi connectivity index (χ2n) is 7.36. The molecule has 2 aromatic rings. The van der Waals surface area contributed by atoms with E-state index in [0.29, 0.717) is 29.4 Å². The molecule has 3 amide bonds. The molecule has 0 bridgehead atoms. The van der Waals surface area contributed by atoms with Crippen molar-refractivity contribution in [2.45, 2.75) is 18.9 Å². The minimum atomic E-state index is -0.767. The number of nitrogens with zero attached hydrogens (tertiary/aromatic N) is 2. The lowest BCUT2D eigenvalue weighted by Crippen LogP contribution is -2.40. The van der Waals surface area contributed by atoms with Crippen LogP contribution in [0.25, 0.3) is 0 Å². The van der Waals surface area contributed by atoms with Gasteiger partial charge in [0.25, 0.3) is 0 Å². The molecule has 0 radical (unpaired) electrons. The van der Waals surface area contributed by atoms with E-state index in [-0.39, 0.29) is 18.5 Å². The van der Waals surface area contributed by atoms with E-state index >= 15 is 0 Å². The summed E-state index contributed by atoms with van der Waals surface area (Å²) in [4.78, 5) is 40.2. The van der Waals surface area contributed by atoms with Gasteiger partial charge in [-0.15, -0.1) is 0 Å². The second kappa shape index (κ2) is 9.73. The van der Waals surface area contributed by atoms with Crippen LogP contribution in [-0.4, -0.2) is 49.8 Å². The number of likely N-dealkylation sites (N-methyl/N-ethyl adjacent to an activating group) is 1. The maximum absolute atomic E-state index is 12.4. The molecule has 1 aliphatic rings. The standard InChI is InChI=1S/C22H25ClN4O3/c1-26(2)19(17-9-3-4-10-18(17)23)14-24-21(29)22(30)25-15-7-5-8-16(13-15)27-12-6-11-20(27)28/h3-5,7-10,13,19H,6,11-12,14H2,1-2H3,(H,24,29)(H,25,30). The van der Waals surface area contributed by atoms with Gasteiger partial charge in [0.1, 0.15) is 0 Å². The Morgan fingerprint density at radius 1 is 1.13 bits per heavy atom. The summed E-state index contributed by atoms with van der Waals surface area (Å²) in [5.41, 5.74) is 2.04. The molecule has 1 saturated heterocycles. The predicted octanol–water partition coefficient (Wildman–Crippen LogP) is 2.82. The minimum Gasteiger partial charge on any atom is -0.346 e. The van der Waals surface area contributed by atoms with Gasteiger partial charge in [-0.25, -0.2) is 0 Å². The van der Waals surface area contributed by atoms with Gasteiger partial charge >= 0.3 is 11.8 Å². The van der Waals surface area contributed by atoms with Gasteiger partial charge < -0.3 is 20.4 Å². The van der Waals surface area contributed by atoms with E-state index in [2.05, 4.69) is 10.6 Å². The lowest BCUT2D eigenvalue weighted by molar-refractivity contribution is -0.136. The lowest BCUT2D eigenvalue weighted by atomic mass is 10.1. The van der Waals surface area contributed by atoms with Crippen LogP contribution in [0.1, 0.15) is 24.4 Å². The van der Waals surface area contributed by atoms with Crippen molar-refractivity contribution >= 4 is 40.7 Å². The van der Waals surface area contributed by atoms with Crippen molar-refractivity contribution in [3.63, 3.8) is 0 Å². The predicted molar refractivity (Wildman–Crippen MR) is 118 cm³/mol. The Bertz CT molecular complexity index is 947. The fourth-order valence-electron chi connectivity index (χ4n) is 3.45. The third kappa shape index (κ3) is 5.17. The quantitative estimate of drug-likeness (QED) is 0.693. The average molecular weight is 429 g/mol. The first-order valence-corrected chi connectivity index (χ1v) is 10.1. The molecule has 2 aromatic carbocycles. The minimum absolute atomic E-state index is 0.0607. The summed E-state index contributed by atoms with van der Waals surface area (Å²) in [5, 5.41) is 5.87. The molecule has 30 heavy (non-hydrogen) atoms. The number of benzene rings is 2. The van der Waals surface area contributed by atoms with Crippen LogP contribution in [0.4, 0.5) is 11.4 Å². The second-order valence-corrected chi connectivity index (χ2v) is 7.77. The first-order valence-electron chi connectivity index (χ1n) is 9.77. The SMILES string of the molecule is CN(C)C(CNC(=O)C(=O)Nc1cccc(N2CCCC2=O)c1)c1ccccc1Cl. The normalized spacial score (nSPS) is 14.7. The number of nitrogens with one attached hydrogen (secondary N) is 2. The summed E-state index contributed by atoms with van der Waals surface area (Å²) in [6.45, 7) is 0.885. The van der Waals surface area contributed by atoms with Gasteiger partial charge in [0, 0.05) is 35.9 Å². The highest BCUT2D eigenvalue weighted by atomic mass is 35.5. The van der Waals surface area contributed by atoms with E-state index in [1.165, 1.54) is 0 Å². The lowest BCUT2D eigenvalue weighted by Gasteiger charge is -2.25. The number of halogens is 1. The van der Waals surface area contributed by atoms with Crippen molar-refractivity contribution in [2.75, 3.05) is 37.4 Å². The van der Waals surface area contributed by atoms with Gasteiger partial charge in [0.2, 0.25) is 5.91 Å². The first-order chi connectivity index (χ1) is 14.4. The summed E-state index contributed by atoms with van der Waals surface area (Å²) in [5.74, 6) is -1.45. The number of carbonyl (C=O) groups excluding carboxylic acids is 3. The Balaban J connectivity index is 1.61. The van der Waals surface area contributed by atoms with Gasteiger partial charge in [-0.3, -0.25) is 14.4 Å².